The van der Waals surface area contributed by atoms with Gasteiger partial charge in [-0.1, -0.05) is 6.07 Å². The normalized spacial score (nSPS) is 20.5. The van der Waals surface area contributed by atoms with Crippen LogP contribution in [-0.4, -0.2) is 22.8 Å². The minimum Gasteiger partial charge on any atom is -0.347 e. The molecule has 0 bridgehead atoms. The average molecular weight is 345 g/mol. The summed E-state index contributed by atoms with van der Waals surface area (Å²) >= 11 is 1.53. The highest BCUT2D eigenvalue weighted by Gasteiger charge is 2.32. The van der Waals surface area contributed by atoms with Gasteiger partial charge in [0.2, 0.25) is 5.91 Å². The zero-order valence-electron chi connectivity index (χ0n) is 13.5. The summed E-state index contributed by atoms with van der Waals surface area (Å²) in [4.78, 5) is 40.0. The van der Waals surface area contributed by atoms with E-state index in [1.807, 2.05) is 24.4 Å². The van der Waals surface area contributed by atoms with Gasteiger partial charge < -0.3 is 15.6 Å². The molecule has 0 aromatic carbocycles. The maximum Gasteiger partial charge on any atom is 0.261 e. The second-order valence-electron chi connectivity index (χ2n) is 6.00. The number of pyridine rings is 1. The first-order valence-corrected chi connectivity index (χ1v) is 8.68. The van der Waals surface area contributed by atoms with Gasteiger partial charge >= 0.3 is 0 Å². The van der Waals surface area contributed by atoms with E-state index in [-0.39, 0.29) is 23.6 Å². The summed E-state index contributed by atoms with van der Waals surface area (Å²) in [5, 5.41) is 7.78. The van der Waals surface area contributed by atoms with Crippen LogP contribution in [0, 0.1) is 13.8 Å². The topological polar surface area (TPSA) is 91.1 Å². The maximum atomic E-state index is 12.6. The molecule has 0 saturated carbocycles. The van der Waals surface area contributed by atoms with E-state index in [9.17, 15) is 14.4 Å². The molecule has 1 aliphatic rings. The minimum absolute atomic E-state index is 0.0251. The van der Waals surface area contributed by atoms with Gasteiger partial charge in [-0.2, -0.15) is 0 Å². The Morgan fingerprint density at radius 2 is 2.12 bits per heavy atom. The molecule has 3 heterocycles. The molecular formula is C17H19N3O3S. The van der Waals surface area contributed by atoms with Gasteiger partial charge in [-0.15, -0.1) is 11.3 Å². The molecule has 2 atom stereocenters. The summed E-state index contributed by atoms with van der Waals surface area (Å²) in [6.45, 7) is 3.64. The highest BCUT2D eigenvalue weighted by Crippen LogP contribution is 2.27. The number of aryl methyl sites for hydroxylation is 2. The molecule has 1 fully saturated rings. The molecule has 2 amide bonds. The molecule has 126 valence electrons. The highest BCUT2D eigenvalue weighted by molar-refractivity contribution is 7.10. The van der Waals surface area contributed by atoms with E-state index < -0.39 is 11.5 Å². The summed E-state index contributed by atoms with van der Waals surface area (Å²) in [6.07, 6.45) is 0.902. The summed E-state index contributed by atoms with van der Waals surface area (Å²) in [5.74, 6) is -0.440. The fourth-order valence-electron chi connectivity index (χ4n) is 2.83. The number of amides is 2. The lowest BCUT2D eigenvalue weighted by Gasteiger charge is -2.32. The fraction of sp³-hybridized carbons (Fsp3) is 0.353. The van der Waals surface area contributed by atoms with Gasteiger partial charge in [0.25, 0.3) is 11.5 Å². The van der Waals surface area contributed by atoms with Crippen molar-refractivity contribution in [1.29, 1.82) is 0 Å². The minimum atomic E-state index is -0.415. The van der Waals surface area contributed by atoms with Crippen molar-refractivity contribution in [3.63, 3.8) is 0 Å². The molecule has 1 aliphatic heterocycles. The van der Waals surface area contributed by atoms with Gasteiger partial charge in [-0.05, 0) is 43.3 Å². The van der Waals surface area contributed by atoms with E-state index >= 15 is 0 Å². The van der Waals surface area contributed by atoms with Crippen molar-refractivity contribution in [1.82, 2.24) is 15.6 Å². The van der Waals surface area contributed by atoms with Gasteiger partial charge in [0.15, 0.2) is 0 Å². The number of piperidine rings is 1. The lowest BCUT2D eigenvalue weighted by molar-refractivity contribution is -0.123. The van der Waals surface area contributed by atoms with Crippen LogP contribution < -0.4 is 16.2 Å². The van der Waals surface area contributed by atoms with Gasteiger partial charge in [0.1, 0.15) is 5.56 Å². The van der Waals surface area contributed by atoms with Crippen molar-refractivity contribution >= 4 is 23.2 Å². The quantitative estimate of drug-likeness (QED) is 0.792. The molecule has 2 aromatic rings. The molecule has 0 aliphatic carbocycles. The Balaban J connectivity index is 1.83. The molecular weight excluding hydrogens is 326 g/mol. The smallest absolute Gasteiger partial charge is 0.261 e. The predicted octanol–water partition coefficient (Wildman–Crippen LogP) is 1.80. The Bertz CT molecular complexity index is 826. The summed E-state index contributed by atoms with van der Waals surface area (Å²) < 4.78 is 0. The Hall–Kier alpha value is -2.41. The van der Waals surface area contributed by atoms with Crippen LogP contribution in [0.5, 0.6) is 0 Å². The molecule has 2 aromatic heterocycles. The van der Waals surface area contributed by atoms with Crippen molar-refractivity contribution in [2.75, 3.05) is 0 Å². The summed E-state index contributed by atoms with van der Waals surface area (Å²) in [6, 6.07) is 4.94. The van der Waals surface area contributed by atoms with E-state index in [0.717, 1.165) is 16.1 Å². The first-order valence-electron chi connectivity index (χ1n) is 7.80. The van der Waals surface area contributed by atoms with Crippen LogP contribution in [0.4, 0.5) is 0 Å². The second kappa shape index (κ2) is 6.60. The van der Waals surface area contributed by atoms with Gasteiger partial charge in [0, 0.05) is 17.0 Å². The zero-order valence-corrected chi connectivity index (χ0v) is 14.3. The Morgan fingerprint density at radius 1 is 1.33 bits per heavy atom. The monoisotopic (exact) mass is 345 g/mol. The molecule has 24 heavy (non-hydrogen) atoms. The average Bonchev–Trinajstić information content (AvgIpc) is 3.06. The largest absolute Gasteiger partial charge is 0.347 e. The molecule has 0 radical (unpaired) electrons. The van der Waals surface area contributed by atoms with Crippen LogP contribution in [-0.2, 0) is 4.79 Å². The molecule has 3 N–H and O–H groups in total. The number of carbonyl (C=O) groups is 2. The number of carbonyl (C=O) groups excluding carboxylic acids is 2. The van der Waals surface area contributed by atoms with Crippen LogP contribution in [0.1, 0.15) is 45.4 Å². The first kappa shape index (κ1) is 16.4. The number of nitrogens with one attached hydrogen (secondary N) is 3. The van der Waals surface area contributed by atoms with Gasteiger partial charge in [-0.3, -0.25) is 14.4 Å². The maximum absolute atomic E-state index is 12.6. The molecule has 3 rings (SSSR count). The van der Waals surface area contributed by atoms with Crippen molar-refractivity contribution in [2.24, 2.45) is 0 Å². The number of hydrogen-bond acceptors (Lipinski definition) is 4. The van der Waals surface area contributed by atoms with Crippen molar-refractivity contribution in [3.05, 3.63) is 55.6 Å². The number of rotatable bonds is 3. The third-order valence-corrected chi connectivity index (χ3v) is 5.27. The molecule has 7 heteroatoms. The van der Waals surface area contributed by atoms with Crippen LogP contribution in [0.2, 0.25) is 0 Å². The lowest BCUT2D eigenvalue weighted by Crippen LogP contribution is -2.50. The van der Waals surface area contributed by atoms with Crippen LogP contribution in [0.15, 0.2) is 28.4 Å². The van der Waals surface area contributed by atoms with Crippen molar-refractivity contribution in [2.45, 2.75) is 38.8 Å². The third kappa shape index (κ3) is 3.26. The Kier molecular flexibility index (Phi) is 4.53. The fourth-order valence-corrected chi connectivity index (χ4v) is 3.68. The van der Waals surface area contributed by atoms with Crippen molar-refractivity contribution < 1.29 is 9.59 Å². The standard InChI is InChI=1S/C17H19N3O3S/c1-9-8-11(16(22)18-10(9)2)17(23)19-12-5-6-14(21)20-15(12)13-4-3-7-24-13/h3-4,7-8,12,15H,5-6H2,1-2H3,(H,18,22)(H,19,23)(H,20,21)/t12-,15-/m1/s1. The zero-order chi connectivity index (χ0) is 17.3. The third-order valence-electron chi connectivity index (χ3n) is 4.31. The SMILES string of the molecule is Cc1cc(C(=O)N[C@@H]2CCC(=O)N[C@H]2c2cccs2)c(=O)[nH]c1C. The number of aromatic amines is 1. The molecule has 6 nitrogen and oxygen atoms in total. The van der Waals surface area contributed by atoms with Crippen LogP contribution in [0.3, 0.4) is 0 Å². The first-order chi connectivity index (χ1) is 11.5. The number of hydrogen-bond donors (Lipinski definition) is 3. The molecule has 0 spiro atoms. The van der Waals surface area contributed by atoms with E-state index in [1.165, 1.54) is 11.3 Å². The van der Waals surface area contributed by atoms with E-state index in [4.69, 9.17) is 0 Å². The van der Waals surface area contributed by atoms with Crippen LogP contribution in [0.25, 0.3) is 0 Å². The van der Waals surface area contributed by atoms with Crippen LogP contribution >= 0.6 is 11.3 Å². The predicted molar refractivity (Wildman–Crippen MR) is 92.2 cm³/mol. The van der Waals surface area contributed by atoms with Gasteiger partial charge in [0.05, 0.1) is 12.1 Å². The number of aromatic nitrogens is 1. The summed E-state index contributed by atoms with van der Waals surface area (Å²) in [7, 11) is 0. The Labute approximate surface area is 143 Å². The van der Waals surface area contributed by atoms with E-state index in [2.05, 4.69) is 15.6 Å². The van der Waals surface area contributed by atoms with E-state index in [0.29, 0.717) is 12.8 Å². The van der Waals surface area contributed by atoms with Crippen molar-refractivity contribution in [3.8, 4) is 0 Å². The Morgan fingerprint density at radius 3 is 2.83 bits per heavy atom. The molecule has 0 unspecified atom stereocenters. The summed E-state index contributed by atoms with van der Waals surface area (Å²) in [5.41, 5.74) is 1.30. The highest BCUT2D eigenvalue weighted by atomic mass is 32.1. The number of thiophene rings is 1. The molecule has 1 saturated heterocycles. The van der Waals surface area contributed by atoms with E-state index in [1.54, 1.807) is 13.0 Å². The lowest BCUT2D eigenvalue weighted by atomic mass is 9.96. The number of H-pyrrole nitrogens is 1. The van der Waals surface area contributed by atoms with Gasteiger partial charge in [-0.25, -0.2) is 0 Å². The second-order valence-corrected chi connectivity index (χ2v) is 6.98.